The van der Waals surface area contributed by atoms with Gasteiger partial charge in [-0.3, -0.25) is 4.79 Å². The first kappa shape index (κ1) is 12.5. The number of amides is 1. The molecule has 2 rings (SSSR count). The van der Waals surface area contributed by atoms with E-state index >= 15 is 0 Å². The normalized spacial score (nSPS) is 16.1. The molecular weight excluding hydrogens is 237 g/mol. The molecule has 0 spiro atoms. The summed E-state index contributed by atoms with van der Waals surface area (Å²) in [6, 6.07) is 4.79. The lowest BCUT2D eigenvalue weighted by molar-refractivity contribution is -0.142. The number of rotatable bonds is 5. The molecule has 4 nitrogen and oxygen atoms in total. The Morgan fingerprint density at radius 3 is 2.44 bits per heavy atom. The smallest absolute Gasteiger partial charge is 0.326 e. The zero-order chi connectivity index (χ0) is 13.1. The molecule has 1 aromatic rings. The molecule has 1 aromatic carbocycles. The van der Waals surface area contributed by atoms with Gasteiger partial charge in [0.15, 0.2) is 0 Å². The Labute approximate surface area is 104 Å². The maximum Gasteiger partial charge on any atom is 0.326 e. The Hall–Kier alpha value is -1.91. The Morgan fingerprint density at radius 1 is 1.33 bits per heavy atom. The van der Waals surface area contributed by atoms with Gasteiger partial charge in [-0.05, 0) is 36.5 Å². The quantitative estimate of drug-likeness (QED) is 0.830. The fraction of sp³-hybridized carbons (Fsp3) is 0.385. The second kappa shape index (κ2) is 5.16. The van der Waals surface area contributed by atoms with Gasteiger partial charge in [-0.25, -0.2) is 9.18 Å². The zero-order valence-corrected chi connectivity index (χ0v) is 9.73. The minimum atomic E-state index is -0.995. The van der Waals surface area contributed by atoms with Gasteiger partial charge in [0.25, 0.3) is 0 Å². The molecule has 96 valence electrons. The highest BCUT2D eigenvalue weighted by molar-refractivity contribution is 5.85. The van der Waals surface area contributed by atoms with E-state index in [1.807, 2.05) is 0 Å². The molecule has 1 amide bonds. The molecular formula is C13H14FNO3. The number of carboxylic acids is 1. The number of nitrogens with one attached hydrogen (secondary N) is 1. The zero-order valence-electron chi connectivity index (χ0n) is 9.73. The molecule has 0 radical (unpaired) electrons. The first-order valence-corrected chi connectivity index (χ1v) is 5.83. The van der Waals surface area contributed by atoms with Crippen LogP contribution in [-0.4, -0.2) is 23.0 Å². The average Bonchev–Trinajstić information content (AvgIpc) is 3.13. The summed E-state index contributed by atoms with van der Waals surface area (Å²) in [6.07, 6.45) is 1.75. The second-order valence-corrected chi connectivity index (χ2v) is 4.52. The maximum absolute atomic E-state index is 12.7. The highest BCUT2D eigenvalue weighted by atomic mass is 19.1. The Balaban J connectivity index is 1.91. The lowest BCUT2D eigenvalue weighted by Crippen LogP contribution is -2.43. The first-order chi connectivity index (χ1) is 8.56. The molecule has 0 aliphatic heterocycles. The average molecular weight is 251 g/mol. The van der Waals surface area contributed by atoms with Crippen LogP contribution in [0.5, 0.6) is 0 Å². The van der Waals surface area contributed by atoms with E-state index in [4.69, 9.17) is 5.11 Å². The van der Waals surface area contributed by atoms with Crippen molar-refractivity contribution in [1.82, 2.24) is 5.32 Å². The summed E-state index contributed by atoms with van der Waals surface area (Å²) in [6.45, 7) is 0. The fourth-order valence-electron chi connectivity index (χ4n) is 1.82. The molecule has 2 N–H and O–H groups in total. The molecule has 18 heavy (non-hydrogen) atoms. The molecule has 1 aliphatic carbocycles. The number of carbonyl (C=O) groups is 2. The van der Waals surface area contributed by atoms with E-state index in [2.05, 4.69) is 5.32 Å². The van der Waals surface area contributed by atoms with Crippen LogP contribution in [0.2, 0.25) is 0 Å². The summed E-state index contributed by atoms with van der Waals surface area (Å²) >= 11 is 0. The van der Waals surface area contributed by atoms with Crippen molar-refractivity contribution in [3.05, 3.63) is 35.6 Å². The SMILES string of the molecule is O=C(Cc1ccc(F)cc1)NC(C(=O)O)C1CC1. The van der Waals surface area contributed by atoms with Crippen molar-refractivity contribution >= 4 is 11.9 Å². The number of aliphatic carboxylic acids is 1. The number of hydrogen-bond acceptors (Lipinski definition) is 2. The van der Waals surface area contributed by atoms with Gasteiger partial charge < -0.3 is 10.4 Å². The Morgan fingerprint density at radius 2 is 1.94 bits per heavy atom. The van der Waals surface area contributed by atoms with Crippen molar-refractivity contribution in [2.24, 2.45) is 5.92 Å². The third-order valence-corrected chi connectivity index (χ3v) is 2.95. The van der Waals surface area contributed by atoms with E-state index in [1.54, 1.807) is 0 Å². The molecule has 1 unspecified atom stereocenters. The van der Waals surface area contributed by atoms with Gasteiger partial charge in [0.2, 0.25) is 5.91 Å². The molecule has 0 bridgehead atoms. The van der Waals surface area contributed by atoms with Crippen LogP contribution >= 0.6 is 0 Å². The standard InChI is InChI=1S/C13H14FNO3/c14-10-5-1-8(2-6-10)7-11(16)15-12(13(17)18)9-3-4-9/h1-2,5-6,9,12H,3-4,7H2,(H,15,16)(H,17,18). The molecule has 0 saturated heterocycles. The van der Waals surface area contributed by atoms with Gasteiger partial charge in [-0.1, -0.05) is 12.1 Å². The lowest BCUT2D eigenvalue weighted by atomic mass is 10.1. The summed E-state index contributed by atoms with van der Waals surface area (Å²) in [5.41, 5.74) is 0.661. The highest BCUT2D eigenvalue weighted by Gasteiger charge is 2.37. The third-order valence-electron chi connectivity index (χ3n) is 2.95. The third kappa shape index (κ3) is 3.29. The van der Waals surface area contributed by atoms with Gasteiger partial charge in [-0.2, -0.15) is 0 Å². The van der Waals surface area contributed by atoms with Crippen LogP contribution in [0.15, 0.2) is 24.3 Å². The summed E-state index contributed by atoms with van der Waals surface area (Å²) in [4.78, 5) is 22.6. The fourth-order valence-corrected chi connectivity index (χ4v) is 1.82. The molecule has 1 aliphatic rings. The van der Waals surface area contributed by atoms with Crippen LogP contribution in [0.3, 0.4) is 0 Å². The van der Waals surface area contributed by atoms with E-state index in [9.17, 15) is 14.0 Å². The van der Waals surface area contributed by atoms with Gasteiger partial charge >= 0.3 is 5.97 Å². The Kier molecular flexibility index (Phi) is 3.60. The van der Waals surface area contributed by atoms with Crippen molar-refractivity contribution in [3.63, 3.8) is 0 Å². The summed E-state index contributed by atoms with van der Waals surface area (Å²) in [7, 11) is 0. The lowest BCUT2D eigenvalue weighted by Gasteiger charge is -2.13. The van der Waals surface area contributed by atoms with E-state index in [0.29, 0.717) is 5.56 Å². The van der Waals surface area contributed by atoms with E-state index < -0.39 is 12.0 Å². The first-order valence-electron chi connectivity index (χ1n) is 5.83. The van der Waals surface area contributed by atoms with Gasteiger partial charge in [0.05, 0.1) is 6.42 Å². The van der Waals surface area contributed by atoms with E-state index in [1.165, 1.54) is 24.3 Å². The number of halogens is 1. The molecule has 5 heteroatoms. The van der Waals surface area contributed by atoms with Crippen LogP contribution in [0.25, 0.3) is 0 Å². The number of carboxylic acid groups (broad SMARTS) is 1. The predicted molar refractivity (Wildman–Crippen MR) is 62.4 cm³/mol. The minimum Gasteiger partial charge on any atom is -0.480 e. The maximum atomic E-state index is 12.7. The molecule has 1 fully saturated rings. The number of hydrogen-bond donors (Lipinski definition) is 2. The van der Waals surface area contributed by atoms with Gasteiger partial charge in [-0.15, -0.1) is 0 Å². The molecule has 0 heterocycles. The summed E-state index contributed by atoms with van der Waals surface area (Å²) in [5.74, 6) is -1.65. The monoisotopic (exact) mass is 251 g/mol. The highest BCUT2D eigenvalue weighted by Crippen LogP contribution is 2.32. The topological polar surface area (TPSA) is 66.4 Å². The van der Waals surface area contributed by atoms with Crippen molar-refractivity contribution in [1.29, 1.82) is 0 Å². The van der Waals surface area contributed by atoms with E-state index in [0.717, 1.165) is 12.8 Å². The van der Waals surface area contributed by atoms with Crippen molar-refractivity contribution < 1.29 is 19.1 Å². The van der Waals surface area contributed by atoms with Gasteiger partial charge in [0.1, 0.15) is 11.9 Å². The molecule has 1 saturated carbocycles. The summed E-state index contributed by atoms with van der Waals surface area (Å²) < 4.78 is 12.7. The van der Waals surface area contributed by atoms with Crippen molar-refractivity contribution in [2.75, 3.05) is 0 Å². The molecule has 0 aromatic heterocycles. The van der Waals surface area contributed by atoms with Crippen molar-refractivity contribution in [3.8, 4) is 0 Å². The Bertz CT molecular complexity index is 454. The van der Waals surface area contributed by atoms with Crippen molar-refractivity contribution in [2.45, 2.75) is 25.3 Å². The van der Waals surface area contributed by atoms with Crippen LogP contribution in [0.1, 0.15) is 18.4 Å². The predicted octanol–water partition coefficient (Wildman–Crippen LogP) is 1.35. The number of carbonyl (C=O) groups excluding carboxylic acids is 1. The minimum absolute atomic E-state index is 0.0552. The van der Waals surface area contributed by atoms with Crippen LogP contribution in [0.4, 0.5) is 4.39 Å². The summed E-state index contributed by atoms with van der Waals surface area (Å²) in [5, 5.41) is 11.5. The molecule has 1 atom stereocenters. The van der Waals surface area contributed by atoms with Crippen LogP contribution < -0.4 is 5.32 Å². The second-order valence-electron chi connectivity index (χ2n) is 4.52. The number of benzene rings is 1. The van der Waals surface area contributed by atoms with Gasteiger partial charge in [0, 0.05) is 0 Å². The largest absolute Gasteiger partial charge is 0.480 e. The van der Waals surface area contributed by atoms with Crippen LogP contribution in [-0.2, 0) is 16.0 Å². The van der Waals surface area contributed by atoms with Crippen LogP contribution in [0, 0.1) is 11.7 Å². The van der Waals surface area contributed by atoms with E-state index in [-0.39, 0.29) is 24.1 Å².